The minimum atomic E-state index is -0.352. The largest absolute Gasteiger partial charge is 0.454 e. The number of carbonyl (C=O) groups is 2. The van der Waals surface area contributed by atoms with Gasteiger partial charge in [-0.1, -0.05) is 35.9 Å². The molecule has 1 saturated heterocycles. The topological polar surface area (TPSA) is 68.6 Å². The number of cyclic esters (lactones) is 1. The van der Waals surface area contributed by atoms with Crippen LogP contribution in [0.25, 0.3) is 0 Å². The Bertz CT molecular complexity index is 1370. The quantitative estimate of drug-likeness (QED) is 0.552. The van der Waals surface area contributed by atoms with E-state index >= 15 is 0 Å². The van der Waals surface area contributed by atoms with Crippen LogP contribution in [0.15, 0.2) is 65.5 Å². The number of hydrogen-bond acceptors (Lipinski definition) is 4. The standard InChI is InChI=1S/C28H26N2O4/c1-17-4-2-5-19(10-17)25-13-21-12-20(8-9-23(21)28(33)34-25)27(32)29-14-18-11-22(16-29)24-6-3-7-26(31)30(24)15-18/h2-10,12,18,22,25H,11,13-16H2,1H3. The number of benzene rings is 2. The summed E-state index contributed by atoms with van der Waals surface area (Å²) in [6.07, 6.45) is 1.20. The van der Waals surface area contributed by atoms with Gasteiger partial charge in [0.05, 0.1) is 5.56 Å². The number of ether oxygens (including phenoxy) is 1. The van der Waals surface area contributed by atoms with Gasteiger partial charge in [-0.3, -0.25) is 9.59 Å². The average molecular weight is 455 g/mol. The van der Waals surface area contributed by atoms with Crippen molar-refractivity contribution in [2.24, 2.45) is 5.92 Å². The van der Waals surface area contributed by atoms with Gasteiger partial charge in [0.2, 0.25) is 0 Å². The van der Waals surface area contributed by atoms with E-state index in [1.165, 1.54) is 0 Å². The first-order chi connectivity index (χ1) is 16.5. The number of piperidine rings is 1. The first-order valence-electron chi connectivity index (χ1n) is 11.9. The van der Waals surface area contributed by atoms with Gasteiger partial charge < -0.3 is 14.2 Å². The van der Waals surface area contributed by atoms with Gasteiger partial charge in [0.15, 0.2) is 0 Å². The van der Waals surface area contributed by atoms with E-state index in [9.17, 15) is 14.4 Å². The van der Waals surface area contributed by atoms with Crippen LogP contribution in [0.3, 0.4) is 0 Å². The predicted octanol–water partition coefficient (Wildman–Crippen LogP) is 3.87. The summed E-state index contributed by atoms with van der Waals surface area (Å²) in [7, 11) is 0. The molecule has 2 aromatic carbocycles. The minimum absolute atomic E-state index is 0.0183. The summed E-state index contributed by atoms with van der Waals surface area (Å²) in [5.74, 6) is 0.0776. The molecule has 34 heavy (non-hydrogen) atoms. The molecule has 1 amide bonds. The van der Waals surface area contributed by atoms with Crippen LogP contribution in [0.1, 0.15) is 61.5 Å². The van der Waals surface area contributed by atoms with Gasteiger partial charge in [-0.2, -0.15) is 0 Å². The maximum absolute atomic E-state index is 13.5. The molecular formula is C28H26N2O4. The second-order valence-corrected chi connectivity index (χ2v) is 9.79. The number of esters is 1. The molecule has 3 aromatic rings. The fourth-order valence-corrected chi connectivity index (χ4v) is 5.83. The number of nitrogens with zero attached hydrogens (tertiary/aromatic N) is 2. The Morgan fingerprint density at radius 2 is 1.82 bits per heavy atom. The first kappa shape index (κ1) is 20.9. The zero-order valence-corrected chi connectivity index (χ0v) is 19.1. The lowest BCUT2D eigenvalue weighted by molar-refractivity contribution is 0.0252. The minimum Gasteiger partial charge on any atom is -0.454 e. The molecule has 6 rings (SSSR count). The molecule has 6 heteroatoms. The van der Waals surface area contributed by atoms with Crippen LogP contribution in [0.4, 0.5) is 0 Å². The lowest BCUT2D eigenvalue weighted by Crippen LogP contribution is -2.49. The van der Waals surface area contributed by atoms with Gasteiger partial charge in [-0.25, -0.2) is 4.79 Å². The molecule has 0 radical (unpaired) electrons. The number of rotatable bonds is 2. The van der Waals surface area contributed by atoms with Crippen LogP contribution in [0.2, 0.25) is 0 Å². The Morgan fingerprint density at radius 1 is 0.971 bits per heavy atom. The Hall–Kier alpha value is -3.67. The lowest BCUT2D eigenvalue weighted by atomic mass is 9.83. The smallest absolute Gasteiger partial charge is 0.339 e. The summed E-state index contributed by atoms with van der Waals surface area (Å²) in [5, 5.41) is 0. The molecular weight excluding hydrogens is 428 g/mol. The van der Waals surface area contributed by atoms with E-state index < -0.39 is 0 Å². The molecule has 1 fully saturated rings. The first-order valence-corrected chi connectivity index (χ1v) is 11.9. The third-order valence-electron chi connectivity index (χ3n) is 7.41. The molecule has 0 spiro atoms. The molecule has 3 unspecified atom stereocenters. The summed E-state index contributed by atoms with van der Waals surface area (Å²) < 4.78 is 7.57. The second-order valence-electron chi connectivity index (χ2n) is 9.79. The fourth-order valence-electron chi connectivity index (χ4n) is 5.83. The van der Waals surface area contributed by atoms with E-state index in [0.29, 0.717) is 37.2 Å². The number of fused-ring (bicyclic) bond motifs is 5. The molecule has 3 aliphatic heterocycles. The number of aryl methyl sites for hydroxylation is 1. The normalized spacial score (nSPS) is 23.0. The Labute approximate surface area is 197 Å². The van der Waals surface area contributed by atoms with E-state index in [1.807, 2.05) is 58.9 Å². The maximum atomic E-state index is 13.5. The van der Waals surface area contributed by atoms with Crippen LogP contribution < -0.4 is 5.56 Å². The van der Waals surface area contributed by atoms with Crippen molar-refractivity contribution in [1.82, 2.24) is 9.47 Å². The number of aromatic nitrogens is 1. The van der Waals surface area contributed by atoms with Crippen molar-refractivity contribution in [2.45, 2.75) is 38.3 Å². The average Bonchev–Trinajstić information content (AvgIpc) is 2.84. The highest BCUT2D eigenvalue weighted by Gasteiger charge is 2.37. The van der Waals surface area contributed by atoms with Crippen LogP contribution in [0.5, 0.6) is 0 Å². The van der Waals surface area contributed by atoms with Crippen molar-refractivity contribution in [3.05, 3.63) is 105 Å². The zero-order chi connectivity index (χ0) is 23.4. The maximum Gasteiger partial charge on any atom is 0.339 e. The Morgan fingerprint density at radius 3 is 2.68 bits per heavy atom. The molecule has 3 aliphatic rings. The summed E-state index contributed by atoms with van der Waals surface area (Å²) in [6.45, 7) is 3.91. The SMILES string of the molecule is Cc1cccc(C2Cc3cc(C(=O)N4CC5CC(C4)c4cccc(=O)n4C5)ccc3C(=O)O2)c1. The van der Waals surface area contributed by atoms with E-state index in [0.717, 1.165) is 28.8 Å². The fraction of sp³-hybridized carbons (Fsp3) is 0.321. The van der Waals surface area contributed by atoms with E-state index in [-0.39, 0.29) is 35.4 Å². The summed E-state index contributed by atoms with van der Waals surface area (Å²) in [6, 6.07) is 18.7. The molecule has 0 aliphatic carbocycles. The molecule has 3 atom stereocenters. The van der Waals surface area contributed by atoms with E-state index in [2.05, 4.69) is 0 Å². The second kappa shape index (κ2) is 7.97. The highest BCUT2D eigenvalue weighted by atomic mass is 16.5. The van der Waals surface area contributed by atoms with Gasteiger partial charge in [-0.15, -0.1) is 0 Å². The molecule has 2 bridgehead atoms. The lowest BCUT2D eigenvalue weighted by Gasteiger charge is -2.42. The van der Waals surface area contributed by atoms with Crippen LogP contribution in [-0.2, 0) is 17.7 Å². The van der Waals surface area contributed by atoms with Crippen molar-refractivity contribution in [2.75, 3.05) is 13.1 Å². The summed E-state index contributed by atoms with van der Waals surface area (Å²) in [4.78, 5) is 40.4. The van der Waals surface area contributed by atoms with Crippen molar-refractivity contribution in [3.63, 3.8) is 0 Å². The van der Waals surface area contributed by atoms with Gasteiger partial charge in [0, 0.05) is 49.3 Å². The summed E-state index contributed by atoms with van der Waals surface area (Å²) >= 11 is 0. The Balaban J connectivity index is 1.26. The van der Waals surface area contributed by atoms with Gasteiger partial charge in [0.25, 0.3) is 11.5 Å². The summed E-state index contributed by atoms with van der Waals surface area (Å²) in [5.41, 5.74) is 5.12. The number of carbonyl (C=O) groups excluding carboxylic acids is 2. The molecule has 4 heterocycles. The molecule has 1 aromatic heterocycles. The van der Waals surface area contributed by atoms with Crippen molar-refractivity contribution in [1.29, 1.82) is 0 Å². The molecule has 0 N–H and O–H groups in total. The van der Waals surface area contributed by atoms with E-state index in [1.54, 1.807) is 18.2 Å². The Kier molecular flexibility index (Phi) is 4.90. The van der Waals surface area contributed by atoms with E-state index in [4.69, 9.17) is 4.74 Å². The van der Waals surface area contributed by atoms with Crippen LogP contribution in [-0.4, -0.2) is 34.4 Å². The van der Waals surface area contributed by atoms with Crippen molar-refractivity contribution in [3.8, 4) is 0 Å². The molecule has 172 valence electrons. The third kappa shape index (κ3) is 3.54. The monoisotopic (exact) mass is 454 g/mol. The highest BCUT2D eigenvalue weighted by Crippen LogP contribution is 2.36. The number of amides is 1. The number of likely N-dealkylation sites (tertiary alicyclic amines) is 1. The number of hydrogen-bond donors (Lipinski definition) is 0. The van der Waals surface area contributed by atoms with Crippen molar-refractivity contribution < 1.29 is 14.3 Å². The zero-order valence-electron chi connectivity index (χ0n) is 19.1. The molecule has 0 saturated carbocycles. The van der Waals surface area contributed by atoms with Gasteiger partial charge in [0.1, 0.15) is 6.10 Å². The molecule has 6 nitrogen and oxygen atoms in total. The number of pyridine rings is 1. The predicted molar refractivity (Wildman–Crippen MR) is 127 cm³/mol. The third-order valence-corrected chi connectivity index (χ3v) is 7.41. The van der Waals surface area contributed by atoms with Crippen LogP contribution >= 0.6 is 0 Å². The van der Waals surface area contributed by atoms with Crippen LogP contribution in [0, 0.1) is 12.8 Å². The van der Waals surface area contributed by atoms with Gasteiger partial charge >= 0.3 is 5.97 Å². The van der Waals surface area contributed by atoms with Gasteiger partial charge in [-0.05, 0) is 54.7 Å². The highest BCUT2D eigenvalue weighted by molar-refractivity contribution is 5.98. The van der Waals surface area contributed by atoms with Crippen molar-refractivity contribution >= 4 is 11.9 Å².